The zero-order chi connectivity index (χ0) is 16.5. The number of thioether (sulfide) groups is 1. The Bertz CT molecular complexity index is 1050. The first-order chi connectivity index (χ1) is 11.7. The van der Waals surface area contributed by atoms with Crippen LogP contribution in [0, 0.1) is 5.82 Å². The van der Waals surface area contributed by atoms with Crippen LogP contribution in [0.2, 0.25) is 0 Å². The fourth-order valence-corrected chi connectivity index (χ4v) is 3.74. The van der Waals surface area contributed by atoms with Crippen LogP contribution in [-0.4, -0.2) is 19.4 Å². The highest BCUT2D eigenvalue weighted by molar-refractivity contribution is 7.98. The van der Waals surface area contributed by atoms with E-state index >= 15 is 0 Å². The molecule has 4 rings (SSSR count). The van der Waals surface area contributed by atoms with Crippen molar-refractivity contribution >= 4 is 28.1 Å². The lowest BCUT2D eigenvalue weighted by Crippen LogP contribution is -2.12. The highest BCUT2D eigenvalue weighted by atomic mass is 32.2. The molecule has 8 heteroatoms. The van der Waals surface area contributed by atoms with Gasteiger partial charge in [0.2, 0.25) is 0 Å². The average molecular weight is 358 g/mol. The lowest BCUT2D eigenvalue weighted by molar-refractivity contribution is 0.628. The molecular weight excluding hydrogens is 347 g/mol. The second-order valence-electron chi connectivity index (χ2n) is 5.04. The van der Waals surface area contributed by atoms with Gasteiger partial charge in [-0.05, 0) is 29.8 Å². The minimum atomic E-state index is -0.269. The monoisotopic (exact) mass is 358 g/mol. The zero-order valence-electron chi connectivity index (χ0n) is 12.3. The molecule has 0 unspecified atom stereocenters. The van der Waals surface area contributed by atoms with E-state index in [0.29, 0.717) is 16.4 Å². The molecule has 0 aliphatic carbocycles. The Labute approximate surface area is 144 Å². The highest BCUT2D eigenvalue weighted by Crippen LogP contribution is 2.23. The molecule has 0 aliphatic heterocycles. The molecule has 0 spiro atoms. The van der Waals surface area contributed by atoms with Gasteiger partial charge in [0.1, 0.15) is 5.82 Å². The van der Waals surface area contributed by atoms with Crippen molar-refractivity contribution in [2.24, 2.45) is 0 Å². The second-order valence-corrected chi connectivity index (χ2v) is 6.88. The molecule has 0 aliphatic rings. The second kappa shape index (κ2) is 6.21. The van der Waals surface area contributed by atoms with E-state index in [-0.39, 0.29) is 11.4 Å². The van der Waals surface area contributed by atoms with Crippen LogP contribution >= 0.6 is 23.1 Å². The standard InChI is InChI=1S/C16H11FN4OS2/c17-11-3-1-10(2-4-11)13-8-18-15(20-13)24-9-12-7-14(22)21-5-6-23-16(21)19-12/h1-8H,9H2,(H,18,20). The molecule has 0 fully saturated rings. The minimum Gasteiger partial charge on any atom is -0.333 e. The lowest BCUT2D eigenvalue weighted by atomic mass is 10.2. The molecule has 0 atom stereocenters. The van der Waals surface area contributed by atoms with Gasteiger partial charge in [0.25, 0.3) is 5.56 Å². The topological polar surface area (TPSA) is 63.0 Å². The normalized spacial score (nSPS) is 11.2. The van der Waals surface area contributed by atoms with Crippen molar-refractivity contribution in [3.63, 3.8) is 0 Å². The smallest absolute Gasteiger partial charge is 0.258 e. The van der Waals surface area contributed by atoms with E-state index in [0.717, 1.165) is 16.4 Å². The number of hydrogen-bond donors (Lipinski definition) is 1. The van der Waals surface area contributed by atoms with Crippen LogP contribution in [0.4, 0.5) is 4.39 Å². The average Bonchev–Trinajstić information content (AvgIpc) is 3.23. The molecule has 0 amide bonds. The summed E-state index contributed by atoms with van der Waals surface area (Å²) in [5, 5.41) is 2.56. The number of H-pyrrole nitrogens is 1. The van der Waals surface area contributed by atoms with E-state index in [2.05, 4.69) is 15.0 Å². The summed E-state index contributed by atoms with van der Waals surface area (Å²) in [5.41, 5.74) is 2.32. The van der Waals surface area contributed by atoms with Crippen molar-refractivity contribution in [3.05, 3.63) is 70.0 Å². The summed E-state index contributed by atoms with van der Waals surface area (Å²) >= 11 is 2.89. The van der Waals surface area contributed by atoms with Gasteiger partial charge in [-0.3, -0.25) is 9.20 Å². The first-order valence-electron chi connectivity index (χ1n) is 7.08. The first kappa shape index (κ1) is 15.1. The zero-order valence-corrected chi connectivity index (χ0v) is 13.9. The van der Waals surface area contributed by atoms with E-state index in [9.17, 15) is 9.18 Å². The molecular formula is C16H11FN4OS2. The van der Waals surface area contributed by atoms with Crippen LogP contribution < -0.4 is 5.56 Å². The summed E-state index contributed by atoms with van der Waals surface area (Å²) in [5.74, 6) is 0.272. The Kier molecular flexibility index (Phi) is 3.91. The van der Waals surface area contributed by atoms with Crippen molar-refractivity contribution in [2.45, 2.75) is 10.9 Å². The maximum atomic E-state index is 13.0. The molecule has 1 aromatic carbocycles. The van der Waals surface area contributed by atoms with Gasteiger partial charge in [-0.2, -0.15) is 0 Å². The third-order valence-electron chi connectivity index (χ3n) is 3.42. The molecule has 0 saturated carbocycles. The summed E-state index contributed by atoms with van der Waals surface area (Å²) in [7, 11) is 0. The number of thiazole rings is 1. The van der Waals surface area contributed by atoms with E-state index < -0.39 is 0 Å². The summed E-state index contributed by atoms with van der Waals surface area (Å²) in [4.78, 5) is 24.6. The van der Waals surface area contributed by atoms with Crippen LogP contribution in [0.5, 0.6) is 0 Å². The quantitative estimate of drug-likeness (QED) is 0.567. The van der Waals surface area contributed by atoms with Crippen LogP contribution in [0.15, 0.2) is 58.1 Å². The van der Waals surface area contributed by atoms with Crippen LogP contribution in [-0.2, 0) is 5.75 Å². The van der Waals surface area contributed by atoms with Crippen LogP contribution in [0.3, 0.4) is 0 Å². The summed E-state index contributed by atoms with van der Waals surface area (Å²) in [6, 6.07) is 7.76. The number of hydrogen-bond acceptors (Lipinski definition) is 5. The fourth-order valence-electron chi connectivity index (χ4n) is 2.26. The number of aromatic amines is 1. The molecule has 3 aromatic heterocycles. The summed E-state index contributed by atoms with van der Waals surface area (Å²) in [6.07, 6.45) is 3.42. The Morgan fingerprint density at radius 2 is 2.12 bits per heavy atom. The fraction of sp³-hybridized carbons (Fsp3) is 0.0625. The third-order valence-corrected chi connectivity index (χ3v) is 5.10. The van der Waals surface area contributed by atoms with Crippen molar-refractivity contribution in [2.75, 3.05) is 0 Å². The molecule has 0 bridgehead atoms. The summed E-state index contributed by atoms with van der Waals surface area (Å²) in [6.45, 7) is 0. The molecule has 24 heavy (non-hydrogen) atoms. The third kappa shape index (κ3) is 2.98. The number of nitrogens with zero attached hydrogens (tertiary/aromatic N) is 3. The maximum absolute atomic E-state index is 13.0. The number of aromatic nitrogens is 4. The Morgan fingerprint density at radius 1 is 1.29 bits per heavy atom. The number of rotatable bonds is 4. The van der Waals surface area contributed by atoms with Gasteiger partial charge in [-0.15, -0.1) is 11.3 Å². The van der Waals surface area contributed by atoms with Gasteiger partial charge in [0.15, 0.2) is 10.1 Å². The largest absolute Gasteiger partial charge is 0.333 e. The van der Waals surface area contributed by atoms with E-state index in [1.807, 2.05) is 5.38 Å². The van der Waals surface area contributed by atoms with E-state index in [1.54, 1.807) is 24.5 Å². The van der Waals surface area contributed by atoms with Gasteiger partial charge >= 0.3 is 0 Å². The Balaban J connectivity index is 1.51. The number of halogens is 1. The van der Waals surface area contributed by atoms with E-state index in [1.165, 1.54) is 45.7 Å². The Hall–Kier alpha value is -2.45. The first-order valence-corrected chi connectivity index (χ1v) is 8.95. The molecule has 5 nitrogen and oxygen atoms in total. The molecule has 0 saturated heterocycles. The predicted octanol–water partition coefficient (Wildman–Crippen LogP) is 3.58. The van der Waals surface area contributed by atoms with Crippen molar-refractivity contribution < 1.29 is 4.39 Å². The van der Waals surface area contributed by atoms with Crippen LogP contribution in [0.1, 0.15) is 5.69 Å². The molecule has 1 N–H and O–H groups in total. The molecule has 0 radical (unpaired) electrons. The van der Waals surface area contributed by atoms with Crippen LogP contribution in [0.25, 0.3) is 16.2 Å². The maximum Gasteiger partial charge on any atom is 0.258 e. The molecule has 4 aromatic rings. The minimum absolute atomic E-state index is 0.0803. The number of benzene rings is 1. The van der Waals surface area contributed by atoms with E-state index in [4.69, 9.17) is 0 Å². The van der Waals surface area contributed by atoms with Gasteiger partial charge in [0, 0.05) is 23.4 Å². The predicted molar refractivity (Wildman–Crippen MR) is 92.9 cm³/mol. The number of fused-ring (bicyclic) bond motifs is 1. The SMILES string of the molecule is O=c1cc(CSc2ncc(-c3ccc(F)cc3)[nH]2)nc2sccn12. The highest BCUT2D eigenvalue weighted by Gasteiger charge is 2.07. The van der Waals surface area contributed by atoms with Crippen molar-refractivity contribution in [3.8, 4) is 11.3 Å². The van der Waals surface area contributed by atoms with Gasteiger partial charge in [0.05, 0.1) is 17.6 Å². The summed E-state index contributed by atoms with van der Waals surface area (Å²) < 4.78 is 14.5. The van der Waals surface area contributed by atoms with Gasteiger partial charge in [-0.25, -0.2) is 14.4 Å². The number of imidazole rings is 1. The van der Waals surface area contributed by atoms with Crippen molar-refractivity contribution in [1.82, 2.24) is 19.4 Å². The number of nitrogens with one attached hydrogen (secondary N) is 1. The molecule has 3 heterocycles. The molecule has 120 valence electrons. The lowest BCUT2D eigenvalue weighted by Gasteiger charge is -2.00. The Morgan fingerprint density at radius 3 is 2.96 bits per heavy atom. The van der Waals surface area contributed by atoms with Crippen molar-refractivity contribution in [1.29, 1.82) is 0 Å². The van der Waals surface area contributed by atoms with Gasteiger partial charge in [-0.1, -0.05) is 11.8 Å². The van der Waals surface area contributed by atoms with Gasteiger partial charge < -0.3 is 4.98 Å².